The molecule has 6 heteroatoms. The van der Waals surface area contributed by atoms with Gasteiger partial charge >= 0.3 is 0 Å². The van der Waals surface area contributed by atoms with Crippen LogP contribution >= 0.6 is 0 Å². The molecule has 0 N–H and O–H groups in total. The largest absolute Gasteiger partial charge is 0.497 e. The molecule has 0 bridgehead atoms. The zero-order valence-corrected chi connectivity index (χ0v) is 10.7. The van der Waals surface area contributed by atoms with E-state index in [1.165, 1.54) is 12.1 Å². The number of hydrogen-bond acceptors (Lipinski definition) is 4. The maximum Gasteiger partial charge on any atom is 0.272 e. The number of halogens is 1. The van der Waals surface area contributed by atoms with Crippen molar-refractivity contribution in [2.24, 2.45) is 0 Å². The van der Waals surface area contributed by atoms with Crippen LogP contribution in [0.15, 0.2) is 42.5 Å². The Kier molecular flexibility index (Phi) is 4.14. The summed E-state index contributed by atoms with van der Waals surface area (Å²) in [5.74, 6) is -0.0607. The van der Waals surface area contributed by atoms with E-state index >= 15 is 0 Å². The monoisotopic (exact) mass is 277 g/mol. The average molecular weight is 277 g/mol. The van der Waals surface area contributed by atoms with E-state index in [1.807, 2.05) is 0 Å². The number of nitro benzene ring substituents is 1. The van der Waals surface area contributed by atoms with E-state index in [-0.39, 0.29) is 18.0 Å². The maximum atomic E-state index is 13.6. The summed E-state index contributed by atoms with van der Waals surface area (Å²) in [4.78, 5) is 9.83. The van der Waals surface area contributed by atoms with E-state index in [0.29, 0.717) is 0 Å². The van der Waals surface area contributed by atoms with Crippen LogP contribution in [0.4, 0.5) is 10.1 Å². The van der Waals surface area contributed by atoms with Gasteiger partial charge in [0.15, 0.2) is 11.6 Å². The molecule has 2 aromatic rings. The highest BCUT2D eigenvalue weighted by Crippen LogP contribution is 2.23. The number of ether oxygens (including phenoxy) is 2. The topological polar surface area (TPSA) is 61.6 Å². The lowest BCUT2D eigenvalue weighted by atomic mass is 10.2. The van der Waals surface area contributed by atoms with Crippen LogP contribution in [-0.4, -0.2) is 12.0 Å². The highest BCUT2D eigenvalue weighted by Gasteiger charge is 2.11. The van der Waals surface area contributed by atoms with Crippen LogP contribution in [0.3, 0.4) is 0 Å². The van der Waals surface area contributed by atoms with Crippen molar-refractivity contribution in [3.63, 3.8) is 0 Å². The quantitative estimate of drug-likeness (QED) is 0.621. The average Bonchev–Trinajstić information content (AvgIpc) is 2.46. The Morgan fingerprint density at radius 1 is 1.20 bits per heavy atom. The third kappa shape index (κ3) is 3.23. The smallest absolute Gasteiger partial charge is 0.272 e. The minimum absolute atomic E-state index is 0.0218. The van der Waals surface area contributed by atoms with Gasteiger partial charge in [0.2, 0.25) is 0 Å². The molecule has 0 saturated heterocycles. The van der Waals surface area contributed by atoms with Crippen molar-refractivity contribution in [3.05, 3.63) is 64.0 Å². The summed E-state index contributed by atoms with van der Waals surface area (Å²) < 4.78 is 23.9. The van der Waals surface area contributed by atoms with Crippen LogP contribution in [0.5, 0.6) is 11.5 Å². The van der Waals surface area contributed by atoms with Crippen LogP contribution < -0.4 is 9.47 Å². The Labute approximate surface area is 114 Å². The van der Waals surface area contributed by atoms with E-state index in [0.717, 1.165) is 17.4 Å². The van der Waals surface area contributed by atoms with Gasteiger partial charge in [-0.1, -0.05) is 12.1 Å². The predicted octanol–water partition coefficient (Wildman–Crippen LogP) is 3.32. The highest BCUT2D eigenvalue weighted by atomic mass is 19.1. The summed E-state index contributed by atoms with van der Waals surface area (Å²) >= 11 is 0. The fraction of sp³-hybridized carbons (Fsp3) is 0.143. The number of non-ortho nitro benzene ring substituents is 1. The standard InChI is InChI=1S/C14H12FNO4/c1-19-12-5-2-10(3-6-12)9-20-14-7-4-11(16(17)18)8-13(14)15/h2-8H,9H2,1H3. The number of nitro groups is 1. The minimum atomic E-state index is -0.757. The summed E-state index contributed by atoms with van der Waals surface area (Å²) in [6.07, 6.45) is 0. The Balaban J connectivity index is 2.04. The molecule has 0 heterocycles. The molecule has 0 aliphatic carbocycles. The molecule has 0 atom stereocenters. The first-order valence-electron chi connectivity index (χ1n) is 5.80. The normalized spacial score (nSPS) is 10.1. The van der Waals surface area contributed by atoms with Crippen LogP contribution in [0.1, 0.15) is 5.56 Å². The van der Waals surface area contributed by atoms with E-state index in [9.17, 15) is 14.5 Å². The van der Waals surface area contributed by atoms with Crippen LogP contribution in [-0.2, 0) is 6.61 Å². The molecule has 2 aromatic carbocycles. The maximum absolute atomic E-state index is 13.6. The van der Waals surface area contributed by atoms with Crippen molar-refractivity contribution in [2.75, 3.05) is 7.11 Å². The van der Waals surface area contributed by atoms with Crippen molar-refractivity contribution in [1.82, 2.24) is 0 Å². The molecular formula is C14H12FNO4. The van der Waals surface area contributed by atoms with Crippen LogP contribution in [0, 0.1) is 15.9 Å². The van der Waals surface area contributed by atoms with E-state index < -0.39 is 10.7 Å². The lowest BCUT2D eigenvalue weighted by molar-refractivity contribution is -0.385. The van der Waals surface area contributed by atoms with Gasteiger partial charge in [0.25, 0.3) is 5.69 Å². The number of rotatable bonds is 5. The molecule has 104 valence electrons. The third-order valence-corrected chi connectivity index (χ3v) is 2.68. The first-order chi connectivity index (χ1) is 9.60. The Hall–Kier alpha value is -2.63. The summed E-state index contributed by atoms with van der Waals surface area (Å²) in [7, 11) is 1.57. The highest BCUT2D eigenvalue weighted by molar-refractivity contribution is 5.37. The second kappa shape index (κ2) is 6.01. The van der Waals surface area contributed by atoms with Crippen LogP contribution in [0.2, 0.25) is 0 Å². The fourth-order valence-electron chi connectivity index (χ4n) is 1.60. The summed E-state index contributed by atoms with van der Waals surface area (Å²) in [5, 5.41) is 10.5. The van der Waals surface area contributed by atoms with Crippen LogP contribution in [0.25, 0.3) is 0 Å². The number of benzene rings is 2. The molecule has 2 rings (SSSR count). The first kappa shape index (κ1) is 13.8. The van der Waals surface area contributed by atoms with Gasteiger partial charge in [0.05, 0.1) is 18.1 Å². The number of methoxy groups -OCH3 is 1. The minimum Gasteiger partial charge on any atom is -0.497 e. The van der Waals surface area contributed by atoms with Crippen molar-refractivity contribution in [1.29, 1.82) is 0 Å². The molecule has 0 aliphatic rings. The predicted molar refractivity (Wildman–Crippen MR) is 70.4 cm³/mol. The first-order valence-corrected chi connectivity index (χ1v) is 5.80. The zero-order valence-electron chi connectivity index (χ0n) is 10.7. The van der Waals surface area contributed by atoms with Crippen molar-refractivity contribution < 1.29 is 18.8 Å². The van der Waals surface area contributed by atoms with Gasteiger partial charge in [-0.3, -0.25) is 10.1 Å². The molecule has 0 fully saturated rings. The number of nitrogens with zero attached hydrogens (tertiary/aromatic N) is 1. The van der Waals surface area contributed by atoms with Crippen molar-refractivity contribution in [3.8, 4) is 11.5 Å². The molecule has 0 spiro atoms. The lowest BCUT2D eigenvalue weighted by Crippen LogP contribution is -1.98. The molecule has 0 aromatic heterocycles. The second-order valence-electron chi connectivity index (χ2n) is 4.01. The van der Waals surface area contributed by atoms with Gasteiger partial charge in [0, 0.05) is 6.07 Å². The van der Waals surface area contributed by atoms with Gasteiger partial charge in [-0.2, -0.15) is 0 Å². The Morgan fingerprint density at radius 2 is 1.90 bits per heavy atom. The summed E-state index contributed by atoms with van der Waals surface area (Å²) in [6, 6.07) is 10.4. The number of hydrogen-bond donors (Lipinski definition) is 0. The zero-order chi connectivity index (χ0) is 14.5. The summed E-state index contributed by atoms with van der Waals surface area (Å²) in [5.41, 5.74) is 0.530. The van der Waals surface area contributed by atoms with Gasteiger partial charge in [0.1, 0.15) is 12.4 Å². The van der Waals surface area contributed by atoms with Gasteiger partial charge in [-0.25, -0.2) is 4.39 Å². The van der Waals surface area contributed by atoms with Crippen molar-refractivity contribution in [2.45, 2.75) is 6.61 Å². The van der Waals surface area contributed by atoms with E-state index in [2.05, 4.69) is 0 Å². The van der Waals surface area contributed by atoms with E-state index in [1.54, 1.807) is 31.4 Å². The fourth-order valence-corrected chi connectivity index (χ4v) is 1.60. The molecule has 0 aliphatic heterocycles. The van der Waals surface area contributed by atoms with Crippen molar-refractivity contribution >= 4 is 5.69 Å². The third-order valence-electron chi connectivity index (χ3n) is 2.68. The molecule has 0 saturated carbocycles. The second-order valence-corrected chi connectivity index (χ2v) is 4.01. The van der Waals surface area contributed by atoms with Gasteiger partial charge < -0.3 is 9.47 Å². The van der Waals surface area contributed by atoms with Gasteiger partial charge in [-0.05, 0) is 23.8 Å². The van der Waals surface area contributed by atoms with Gasteiger partial charge in [-0.15, -0.1) is 0 Å². The Bertz CT molecular complexity index is 613. The van der Waals surface area contributed by atoms with E-state index in [4.69, 9.17) is 9.47 Å². The molecule has 20 heavy (non-hydrogen) atoms. The molecule has 0 amide bonds. The molecule has 5 nitrogen and oxygen atoms in total. The SMILES string of the molecule is COc1ccc(COc2ccc([N+](=O)[O-])cc2F)cc1. The Morgan fingerprint density at radius 3 is 2.45 bits per heavy atom. The molecule has 0 radical (unpaired) electrons. The lowest BCUT2D eigenvalue weighted by Gasteiger charge is -2.07. The molecular weight excluding hydrogens is 265 g/mol. The molecule has 0 unspecified atom stereocenters. The summed E-state index contributed by atoms with van der Waals surface area (Å²) in [6.45, 7) is 0.165.